The number of aryl methyl sites for hydroxylation is 1. The van der Waals surface area contributed by atoms with Gasteiger partial charge in [0.2, 0.25) is 11.8 Å². The largest absolute Gasteiger partial charge is 0.481 e. The molecule has 0 bridgehead atoms. The Bertz CT molecular complexity index is 779. The van der Waals surface area contributed by atoms with Gasteiger partial charge < -0.3 is 25.0 Å². The highest BCUT2D eigenvalue weighted by atomic mass is 16.5. The van der Waals surface area contributed by atoms with E-state index in [9.17, 15) is 4.79 Å². The first-order valence-corrected chi connectivity index (χ1v) is 8.86. The summed E-state index contributed by atoms with van der Waals surface area (Å²) in [6.45, 7) is 5.95. The van der Waals surface area contributed by atoms with Gasteiger partial charge in [-0.1, -0.05) is 0 Å². The molecule has 9 nitrogen and oxygen atoms in total. The number of carbonyl (C=O) groups excluding carboxylic acids is 1. The van der Waals surface area contributed by atoms with Crippen molar-refractivity contribution in [1.29, 1.82) is 0 Å². The third kappa shape index (κ3) is 5.27. The smallest absolute Gasteiger partial charge is 0.251 e. The number of methoxy groups -OCH3 is 1. The van der Waals surface area contributed by atoms with E-state index in [4.69, 9.17) is 9.47 Å². The van der Waals surface area contributed by atoms with Crippen molar-refractivity contribution in [3.63, 3.8) is 0 Å². The summed E-state index contributed by atoms with van der Waals surface area (Å²) in [6, 6.07) is 5.21. The number of hydrogen-bond acceptors (Lipinski definition) is 8. The molecule has 1 fully saturated rings. The lowest BCUT2D eigenvalue weighted by atomic mass is 10.2. The lowest BCUT2D eigenvalue weighted by molar-refractivity contribution is 0.0954. The first-order valence-electron chi connectivity index (χ1n) is 8.86. The van der Waals surface area contributed by atoms with E-state index in [0.717, 1.165) is 24.6 Å². The van der Waals surface area contributed by atoms with Crippen LogP contribution in [0.2, 0.25) is 0 Å². The Morgan fingerprint density at radius 3 is 2.85 bits per heavy atom. The molecule has 1 saturated heterocycles. The van der Waals surface area contributed by atoms with Crippen molar-refractivity contribution in [2.45, 2.75) is 6.92 Å². The van der Waals surface area contributed by atoms with Crippen molar-refractivity contribution in [2.75, 3.05) is 56.7 Å². The van der Waals surface area contributed by atoms with Gasteiger partial charge in [-0.05, 0) is 13.0 Å². The molecular formula is C18H24N6O3. The van der Waals surface area contributed by atoms with Gasteiger partial charge in [-0.3, -0.25) is 4.79 Å². The topological polar surface area (TPSA) is 102 Å². The Morgan fingerprint density at radius 1 is 1.26 bits per heavy atom. The van der Waals surface area contributed by atoms with Crippen molar-refractivity contribution >= 4 is 17.7 Å². The summed E-state index contributed by atoms with van der Waals surface area (Å²) in [5.41, 5.74) is 1.39. The molecular weight excluding hydrogens is 348 g/mol. The van der Waals surface area contributed by atoms with Gasteiger partial charge in [-0.2, -0.15) is 4.98 Å². The van der Waals surface area contributed by atoms with Gasteiger partial charge in [-0.15, -0.1) is 0 Å². The van der Waals surface area contributed by atoms with Gasteiger partial charge in [0.05, 0.1) is 20.3 Å². The normalized spacial score (nSPS) is 13.9. The van der Waals surface area contributed by atoms with Crippen molar-refractivity contribution in [3.8, 4) is 5.88 Å². The lowest BCUT2D eigenvalue weighted by Crippen LogP contribution is -2.37. The second kappa shape index (κ2) is 9.13. The van der Waals surface area contributed by atoms with E-state index < -0.39 is 0 Å². The Morgan fingerprint density at radius 2 is 2.07 bits per heavy atom. The maximum atomic E-state index is 12.2. The molecule has 1 aliphatic rings. The molecule has 2 aromatic rings. The predicted octanol–water partition coefficient (Wildman–Crippen LogP) is 0.867. The van der Waals surface area contributed by atoms with E-state index in [1.165, 1.54) is 7.11 Å². The summed E-state index contributed by atoms with van der Waals surface area (Å²) in [5, 5.41) is 6.01. The number of hydrogen-bond donors (Lipinski definition) is 2. The SMILES string of the molecule is COc1cc(C(=O)NCCNc2nc(C)cc(N3CCOCC3)n2)ccn1. The van der Waals surface area contributed by atoms with Crippen LogP contribution >= 0.6 is 0 Å². The number of anilines is 2. The van der Waals surface area contributed by atoms with Crippen LogP contribution < -0.4 is 20.3 Å². The van der Waals surface area contributed by atoms with Gasteiger partial charge >= 0.3 is 0 Å². The minimum absolute atomic E-state index is 0.184. The van der Waals surface area contributed by atoms with E-state index >= 15 is 0 Å². The van der Waals surface area contributed by atoms with Crippen LogP contribution in [0.15, 0.2) is 24.4 Å². The molecule has 0 unspecified atom stereocenters. The van der Waals surface area contributed by atoms with Gasteiger partial charge in [0.25, 0.3) is 5.91 Å². The van der Waals surface area contributed by atoms with Gasteiger partial charge in [0.15, 0.2) is 0 Å². The van der Waals surface area contributed by atoms with E-state index in [0.29, 0.717) is 43.7 Å². The molecule has 1 amide bonds. The summed E-state index contributed by atoms with van der Waals surface area (Å²) >= 11 is 0. The Kier molecular flexibility index (Phi) is 6.37. The molecule has 1 aliphatic heterocycles. The maximum absolute atomic E-state index is 12.2. The number of rotatable bonds is 7. The first-order chi connectivity index (χ1) is 13.2. The third-order valence-electron chi connectivity index (χ3n) is 4.08. The van der Waals surface area contributed by atoms with Crippen molar-refractivity contribution in [3.05, 3.63) is 35.7 Å². The van der Waals surface area contributed by atoms with Crippen LogP contribution in [0.4, 0.5) is 11.8 Å². The Labute approximate surface area is 158 Å². The number of amides is 1. The second-order valence-electron chi connectivity index (χ2n) is 6.06. The number of aromatic nitrogens is 3. The molecule has 27 heavy (non-hydrogen) atoms. The summed E-state index contributed by atoms with van der Waals surface area (Å²) in [6.07, 6.45) is 1.54. The molecule has 3 heterocycles. The van der Waals surface area contributed by atoms with Crippen molar-refractivity contribution in [2.24, 2.45) is 0 Å². The summed E-state index contributed by atoms with van der Waals surface area (Å²) in [5.74, 6) is 1.67. The molecule has 0 radical (unpaired) electrons. The van der Waals surface area contributed by atoms with Gasteiger partial charge in [0, 0.05) is 55.8 Å². The fourth-order valence-electron chi connectivity index (χ4n) is 2.70. The molecule has 2 N–H and O–H groups in total. The van der Waals surface area contributed by atoms with Crippen molar-refractivity contribution in [1.82, 2.24) is 20.3 Å². The average molecular weight is 372 g/mol. The zero-order valence-electron chi connectivity index (χ0n) is 15.6. The molecule has 2 aromatic heterocycles. The molecule has 0 spiro atoms. The molecule has 0 atom stereocenters. The van der Waals surface area contributed by atoms with Crippen LogP contribution in [-0.2, 0) is 4.74 Å². The number of pyridine rings is 1. The molecule has 144 valence electrons. The summed E-state index contributed by atoms with van der Waals surface area (Å²) < 4.78 is 10.4. The first kappa shape index (κ1) is 18.8. The number of carbonyl (C=O) groups is 1. The zero-order valence-corrected chi connectivity index (χ0v) is 15.6. The zero-order chi connectivity index (χ0) is 19.1. The van der Waals surface area contributed by atoms with Crippen LogP contribution in [0, 0.1) is 6.92 Å². The lowest BCUT2D eigenvalue weighted by Gasteiger charge is -2.28. The molecule has 0 aliphatic carbocycles. The molecule has 3 rings (SSSR count). The standard InChI is InChI=1S/C18H24N6O3/c1-13-11-15(24-7-9-27-10-8-24)23-18(22-13)21-6-5-20-17(25)14-3-4-19-16(12-14)26-2/h3-4,11-12H,5-10H2,1-2H3,(H,20,25)(H,21,22,23). The minimum atomic E-state index is -0.184. The van der Waals surface area contributed by atoms with E-state index in [1.54, 1.807) is 18.3 Å². The maximum Gasteiger partial charge on any atom is 0.251 e. The minimum Gasteiger partial charge on any atom is -0.481 e. The van der Waals surface area contributed by atoms with Crippen molar-refractivity contribution < 1.29 is 14.3 Å². The molecule has 9 heteroatoms. The second-order valence-corrected chi connectivity index (χ2v) is 6.06. The van der Waals surface area contributed by atoms with E-state index in [1.807, 2.05) is 13.0 Å². The molecule has 0 aromatic carbocycles. The number of nitrogens with zero attached hydrogens (tertiary/aromatic N) is 4. The van der Waals surface area contributed by atoms with E-state index in [2.05, 4.69) is 30.5 Å². The monoisotopic (exact) mass is 372 g/mol. The summed E-state index contributed by atoms with van der Waals surface area (Å²) in [7, 11) is 1.51. The van der Waals surface area contributed by atoms with E-state index in [-0.39, 0.29) is 5.91 Å². The third-order valence-corrected chi connectivity index (χ3v) is 4.08. The fraction of sp³-hybridized carbons (Fsp3) is 0.444. The van der Waals surface area contributed by atoms with Crippen LogP contribution in [-0.4, -0.2) is 67.4 Å². The fourth-order valence-corrected chi connectivity index (χ4v) is 2.70. The molecule has 0 saturated carbocycles. The highest BCUT2D eigenvalue weighted by molar-refractivity contribution is 5.94. The summed E-state index contributed by atoms with van der Waals surface area (Å²) in [4.78, 5) is 27.3. The number of morpholine rings is 1. The average Bonchev–Trinajstić information content (AvgIpc) is 2.71. The number of nitrogens with one attached hydrogen (secondary N) is 2. The van der Waals surface area contributed by atoms with Crippen LogP contribution in [0.3, 0.4) is 0 Å². The Hall–Kier alpha value is -2.94. The van der Waals surface area contributed by atoms with Gasteiger partial charge in [-0.25, -0.2) is 9.97 Å². The van der Waals surface area contributed by atoms with Crippen LogP contribution in [0.25, 0.3) is 0 Å². The highest BCUT2D eigenvalue weighted by Crippen LogP contribution is 2.16. The highest BCUT2D eigenvalue weighted by Gasteiger charge is 2.14. The predicted molar refractivity (Wildman–Crippen MR) is 101 cm³/mol. The van der Waals surface area contributed by atoms with Crippen LogP contribution in [0.1, 0.15) is 16.1 Å². The number of ether oxygens (including phenoxy) is 2. The van der Waals surface area contributed by atoms with Crippen LogP contribution in [0.5, 0.6) is 5.88 Å². The van der Waals surface area contributed by atoms with Gasteiger partial charge in [0.1, 0.15) is 5.82 Å². The Balaban J connectivity index is 1.51. The quantitative estimate of drug-likeness (QED) is 0.691.